The molecule has 0 saturated carbocycles. The molecule has 10 heteroatoms. The summed E-state index contributed by atoms with van der Waals surface area (Å²) in [6.45, 7) is 6.63. The molecule has 2 aliphatic heterocycles. The van der Waals surface area contributed by atoms with E-state index in [-0.39, 0.29) is 39.9 Å². The Balaban J connectivity index is 0. The van der Waals surface area contributed by atoms with Gasteiger partial charge < -0.3 is 50.3 Å². The predicted molar refractivity (Wildman–Crippen MR) is 111 cm³/mol. The third-order valence-electron chi connectivity index (χ3n) is 5.17. The molecule has 0 radical (unpaired) electrons. The zero-order chi connectivity index (χ0) is 21.8. The Morgan fingerprint density at radius 2 is 0.800 bits per heavy atom. The van der Waals surface area contributed by atoms with Crippen LogP contribution in [-0.2, 0) is 9.47 Å². The summed E-state index contributed by atoms with van der Waals surface area (Å²) >= 11 is 0. The van der Waals surface area contributed by atoms with Gasteiger partial charge >= 0.3 is 0 Å². The number of aliphatic hydroxyl groups excluding tert-OH is 8. The monoisotopic (exact) mass is 444 g/mol. The molecule has 0 spiro atoms. The van der Waals surface area contributed by atoms with Crippen LogP contribution >= 0.6 is 0 Å². The number of aliphatic hydroxyl groups is 8. The summed E-state index contributed by atoms with van der Waals surface area (Å²) < 4.78 is 10.6. The number of ether oxygens (including phenoxy) is 2. The van der Waals surface area contributed by atoms with E-state index >= 15 is 0 Å². The summed E-state index contributed by atoms with van der Waals surface area (Å²) in [6.07, 6.45) is -9.92. The molecule has 2 heterocycles. The van der Waals surface area contributed by atoms with Crippen LogP contribution in [0.15, 0.2) is 0 Å². The molecule has 0 bridgehead atoms. The van der Waals surface area contributed by atoms with Gasteiger partial charge in [0.2, 0.25) is 0 Å². The van der Waals surface area contributed by atoms with Crippen molar-refractivity contribution in [1.29, 1.82) is 0 Å². The van der Waals surface area contributed by atoms with Gasteiger partial charge in [-0.3, -0.25) is 0 Å². The van der Waals surface area contributed by atoms with E-state index < -0.39 is 61.0 Å². The minimum Gasteiger partial charge on any atom is -0.394 e. The lowest BCUT2D eigenvalue weighted by atomic mass is 9.90. The fourth-order valence-corrected chi connectivity index (χ4v) is 3.36. The van der Waals surface area contributed by atoms with E-state index in [9.17, 15) is 30.6 Å². The van der Waals surface area contributed by atoms with Crippen LogP contribution in [0.5, 0.6) is 0 Å². The number of rotatable bonds is 4. The van der Waals surface area contributed by atoms with Crippen LogP contribution in [-0.4, -0.2) is 115 Å². The molecule has 0 aromatic rings. The first-order valence-electron chi connectivity index (χ1n) is 9.58. The van der Waals surface area contributed by atoms with Gasteiger partial charge in [0.25, 0.3) is 0 Å². The Bertz CT molecular complexity index is 405. The first-order valence-corrected chi connectivity index (χ1v) is 9.58. The van der Waals surface area contributed by atoms with Crippen LogP contribution in [0.3, 0.4) is 0 Å². The molecule has 2 saturated heterocycles. The molecular formula is C20H44O10. The van der Waals surface area contributed by atoms with Crippen molar-refractivity contribution in [3.05, 3.63) is 0 Å². The molecule has 2 rings (SSSR count). The van der Waals surface area contributed by atoms with Crippen molar-refractivity contribution in [2.75, 3.05) is 13.2 Å². The molecule has 184 valence electrons. The van der Waals surface area contributed by atoms with E-state index in [4.69, 9.17) is 19.7 Å². The SMILES string of the molecule is C.C.CC(C)[C@@H]1OC(CO)[C@@H](O)[C@@H](O)C1O.CC(C)[C@H]1OC(CO)[C@@H](O)[C@@H](O)C1O. The summed E-state index contributed by atoms with van der Waals surface area (Å²) in [7, 11) is 0. The fourth-order valence-electron chi connectivity index (χ4n) is 3.36. The molecule has 2 aliphatic rings. The van der Waals surface area contributed by atoms with Crippen molar-refractivity contribution in [2.45, 2.75) is 104 Å². The largest absolute Gasteiger partial charge is 0.394 e. The van der Waals surface area contributed by atoms with Crippen LogP contribution in [0.2, 0.25) is 0 Å². The first-order chi connectivity index (χ1) is 13.0. The lowest BCUT2D eigenvalue weighted by Gasteiger charge is -2.41. The quantitative estimate of drug-likeness (QED) is 0.247. The van der Waals surface area contributed by atoms with Gasteiger partial charge in [0, 0.05) is 0 Å². The van der Waals surface area contributed by atoms with Crippen molar-refractivity contribution in [3.63, 3.8) is 0 Å². The van der Waals surface area contributed by atoms with Gasteiger partial charge in [0.15, 0.2) is 0 Å². The van der Waals surface area contributed by atoms with Gasteiger partial charge in [-0.25, -0.2) is 0 Å². The van der Waals surface area contributed by atoms with Crippen LogP contribution in [0.4, 0.5) is 0 Å². The highest BCUT2D eigenvalue weighted by Crippen LogP contribution is 2.26. The minimum atomic E-state index is -1.26. The van der Waals surface area contributed by atoms with Gasteiger partial charge in [-0.05, 0) is 11.8 Å². The minimum absolute atomic E-state index is 0. The topological polar surface area (TPSA) is 180 Å². The Morgan fingerprint density at radius 3 is 1.00 bits per heavy atom. The van der Waals surface area contributed by atoms with Crippen LogP contribution in [0, 0.1) is 11.8 Å². The van der Waals surface area contributed by atoms with Gasteiger partial charge in [-0.15, -0.1) is 0 Å². The highest BCUT2D eigenvalue weighted by molar-refractivity contribution is 4.93. The van der Waals surface area contributed by atoms with Crippen molar-refractivity contribution < 1.29 is 50.3 Å². The van der Waals surface area contributed by atoms with Gasteiger partial charge in [-0.1, -0.05) is 42.5 Å². The lowest BCUT2D eigenvalue weighted by molar-refractivity contribution is -0.238. The second-order valence-corrected chi connectivity index (χ2v) is 8.08. The Morgan fingerprint density at radius 1 is 0.533 bits per heavy atom. The molecule has 0 amide bonds. The second-order valence-electron chi connectivity index (χ2n) is 8.08. The van der Waals surface area contributed by atoms with E-state index in [2.05, 4.69) is 0 Å². The normalized spacial score (nSPS) is 41.4. The molecule has 10 atom stereocenters. The number of hydrogen-bond donors (Lipinski definition) is 8. The molecule has 30 heavy (non-hydrogen) atoms. The summed E-state index contributed by atoms with van der Waals surface area (Å²) in [4.78, 5) is 0. The highest BCUT2D eigenvalue weighted by Gasteiger charge is 2.45. The second kappa shape index (κ2) is 13.9. The zero-order valence-corrected chi connectivity index (χ0v) is 16.7. The van der Waals surface area contributed by atoms with E-state index in [0.29, 0.717) is 0 Å². The van der Waals surface area contributed by atoms with Crippen molar-refractivity contribution in [3.8, 4) is 0 Å². The molecule has 8 N–H and O–H groups in total. The summed E-state index contributed by atoms with van der Waals surface area (Å²) in [5.74, 6) is 0.0300. The maximum absolute atomic E-state index is 9.57. The maximum atomic E-state index is 9.57. The molecule has 0 aromatic carbocycles. The highest BCUT2D eigenvalue weighted by atomic mass is 16.6. The maximum Gasteiger partial charge on any atom is 0.111 e. The van der Waals surface area contributed by atoms with E-state index in [1.165, 1.54) is 0 Å². The van der Waals surface area contributed by atoms with Crippen molar-refractivity contribution in [2.24, 2.45) is 11.8 Å². The molecule has 0 aromatic heterocycles. The Labute approximate surface area is 179 Å². The van der Waals surface area contributed by atoms with Crippen LogP contribution in [0.1, 0.15) is 42.5 Å². The van der Waals surface area contributed by atoms with Crippen LogP contribution < -0.4 is 0 Å². The van der Waals surface area contributed by atoms with E-state index in [1.807, 2.05) is 27.7 Å². The van der Waals surface area contributed by atoms with E-state index in [1.54, 1.807) is 0 Å². The molecule has 4 unspecified atom stereocenters. The average molecular weight is 445 g/mol. The van der Waals surface area contributed by atoms with Crippen molar-refractivity contribution in [1.82, 2.24) is 0 Å². The van der Waals surface area contributed by atoms with E-state index in [0.717, 1.165) is 0 Å². The molecule has 2 fully saturated rings. The van der Waals surface area contributed by atoms with Gasteiger partial charge in [0.1, 0.15) is 48.8 Å². The third-order valence-corrected chi connectivity index (χ3v) is 5.17. The molecule has 10 nitrogen and oxygen atoms in total. The number of hydrogen-bond acceptors (Lipinski definition) is 10. The smallest absolute Gasteiger partial charge is 0.111 e. The van der Waals surface area contributed by atoms with Crippen LogP contribution in [0.25, 0.3) is 0 Å². The lowest BCUT2D eigenvalue weighted by Crippen LogP contribution is -2.59. The Kier molecular flexibility index (Phi) is 14.7. The third kappa shape index (κ3) is 7.33. The van der Waals surface area contributed by atoms with Crippen molar-refractivity contribution >= 4 is 0 Å². The molecule has 0 aliphatic carbocycles. The van der Waals surface area contributed by atoms with Gasteiger partial charge in [0.05, 0.1) is 25.4 Å². The fraction of sp³-hybridized carbons (Fsp3) is 1.00. The summed E-state index contributed by atoms with van der Waals surface area (Å²) in [5.41, 5.74) is 0. The first kappa shape index (κ1) is 31.8. The standard InChI is InChI=1S/2C9H18O5.2CH4/c2*1-4(2)9-8(13)7(12)6(11)5(3-10)14-9;;/h2*4-13H,3H2,1-2H3;2*1H4/t5?,6-,7-,8?,9+;5?,6-,7-,8?,9-;;/m11../s1. The summed E-state index contributed by atoms with van der Waals surface area (Å²) in [5, 5.41) is 74.7. The zero-order valence-electron chi connectivity index (χ0n) is 16.7. The Hall–Kier alpha value is -0.400. The predicted octanol–water partition coefficient (Wildman–Crippen LogP) is -1.76. The average Bonchev–Trinajstić information content (AvgIpc) is 2.64. The molecular weight excluding hydrogens is 400 g/mol. The summed E-state index contributed by atoms with van der Waals surface area (Å²) in [6, 6.07) is 0. The van der Waals surface area contributed by atoms with Gasteiger partial charge in [-0.2, -0.15) is 0 Å².